The largest absolute Gasteiger partial charge is 0.497 e. The molecule has 56 heavy (non-hydrogen) atoms. The lowest BCUT2D eigenvalue weighted by Gasteiger charge is -2.13. The van der Waals surface area contributed by atoms with Crippen LogP contribution in [0.4, 0.5) is 0 Å². The van der Waals surface area contributed by atoms with Gasteiger partial charge in [-0.1, -0.05) is 48.5 Å². The molecule has 5 aromatic carbocycles. The van der Waals surface area contributed by atoms with Crippen molar-refractivity contribution in [2.75, 3.05) is 28.4 Å². The Hall–Kier alpha value is -7.60. The highest BCUT2D eigenvalue weighted by Gasteiger charge is 2.21. The molecule has 0 N–H and O–H groups in total. The molecule has 0 amide bonds. The molecular weight excluding hydrogens is 705 g/mol. The van der Waals surface area contributed by atoms with Gasteiger partial charge in [-0.05, 0) is 59.7 Å². The SMILES string of the molecule is COc1ccc(-c2ccc(-c3ccc(-c4ccc(-c5ccc(OC)cc5OC)c5nn(-c6ccncc6)nc45)cc3)c3nn(-c4ccncc4)nc23)c(OC)c1. The Morgan fingerprint density at radius 1 is 0.357 bits per heavy atom. The maximum absolute atomic E-state index is 5.79. The summed E-state index contributed by atoms with van der Waals surface area (Å²) in [5.74, 6) is 2.74. The molecular formula is C44H34N8O4. The summed E-state index contributed by atoms with van der Waals surface area (Å²) >= 11 is 0. The van der Waals surface area contributed by atoms with Crippen molar-refractivity contribution in [3.05, 3.63) is 134 Å². The van der Waals surface area contributed by atoms with Crippen molar-refractivity contribution in [2.45, 2.75) is 0 Å². The molecule has 12 heteroatoms. The van der Waals surface area contributed by atoms with Crippen molar-refractivity contribution in [3.63, 3.8) is 0 Å². The molecule has 0 aliphatic carbocycles. The monoisotopic (exact) mass is 738 g/mol. The third kappa shape index (κ3) is 5.99. The smallest absolute Gasteiger partial charge is 0.130 e. The summed E-state index contributed by atoms with van der Waals surface area (Å²) in [5.41, 5.74) is 11.9. The van der Waals surface area contributed by atoms with Crippen LogP contribution in [0.25, 0.3) is 77.9 Å². The summed E-state index contributed by atoms with van der Waals surface area (Å²) in [5, 5.41) is 20.0. The average Bonchev–Trinajstić information content (AvgIpc) is 3.93. The minimum absolute atomic E-state index is 0.671. The zero-order valence-electron chi connectivity index (χ0n) is 30.9. The van der Waals surface area contributed by atoms with Crippen molar-refractivity contribution in [3.8, 4) is 78.9 Å². The minimum Gasteiger partial charge on any atom is -0.497 e. The summed E-state index contributed by atoms with van der Waals surface area (Å²) in [6.07, 6.45) is 6.90. The number of rotatable bonds is 10. The lowest BCUT2D eigenvalue weighted by molar-refractivity contribution is 0.395. The van der Waals surface area contributed by atoms with Crippen LogP contribution in [0.15, 0.2) is 134 Å². The molecule has 0 atom stereocenters. The number of methoxy groups -OCH3 is 4. The third-order valence-electron chi connectivity index (χ3n) is 9.77. The Bertz CT molecular complexity index is 2660. The predicted octanol–water partition coefficient (Wildman–Crippen LogP) is 8.65. The van der Waals surface area contributed by atoms with Gasteiger partial charge in [0.15, 0.2) is 0 Å². The fourth-order valence-electron chi connectivity index (χ4n) is 6.95. The quantitative estimate of drug-likeness (QED) is 0.135. The van der Waals surface area contributed by atoms with Crippen molar-refractivity contribution in [1.82, 2.24) is 40.0 Å². The van der Waals surface area contributed by atoms with E-state index < -0.39 is 0 Å². The van der Waals surface area contributed by atoms with E-state index in [1.54, 1.807) is 62.8 Å². The molecule has 0 aliphatic rings. The first-order valence-corrected chi connectivity index (χ1v) is 17.7. The molecule has 0 bridgehead atoms. The van der Waals surface area contributed by atoms with Gasteiger partial charge in [0, 0.05) is 70.3 Å². The fraction of sp³-hybridized carbons (Fsp3) is 0.0909. The van der Waals surface area contributed by atoms with Crippen molar-refractivity contribution >= 4 is 22.1 Å². The van der Waals surface area contributed by atoms with Crippen LogP contribution in [0, 0.1) is 0 Å². The second-order valence-corrected chi connectivity index (χ2v) is 12.8. The first-order chi connectivity index (χ1) is 27.6. The molecule has 9 rings (SSSR count). The first kappa shape index (κ1) is 34.2. The minimum atomic E-state index is 0.671. The molecule has 12 nitrogen and oxygen atoms in total. The van der Waals surface area contributed by atoms with Crippen molar-refractivity contribution in [2.24, 2.45) is 0 Å². The van der Waals surface area contributed by atoms with E-state index in [1.165, 1.54) is 0 Å². The Morgan fingerprint density at radius 2 is 0.696 bits per heavy atom. The molecule has 0 saturated carbocycles. The molecule has 0 spiro atoms. The third-order valence-corrected chi connectivity index (χ3v) is 9.77. The van der Waals surface area contributed by atoms with Gasteiger partial charge in [0.25, 0.3) is 0 Å². The summed E-state index contributed by atoms with van der Waals surface area (Å²) in [6, 6.07) is 35.7. The molecule has 0 unspecified atom stereocenters. The van der Waals surface area contributed by atoms with Crippen LogP contribution in [-0.4, -0.2) is 68.4 Å². The van der Waals surface area contributed by atoms with Crippen LogP contribution in [0.2, 0.25) is 0 Å². The number of pyridine rings is 2. The summed E-state index contributed by atoms with van der Waals surface area (Å²) < 4.78 is 22.5. The van der Waals surface area contributed by atoms with E-state index in [4.69, 9.17) is 39.3 Å². The number of fused-ring (bicyclic) bond motifs is 2. The number of hydrogen-bond acceptors (Lipinski definition) is 10. The van der Waals surface area contributed by atoms with Crippen LogP contribution in [0.3, 0.4) is 0 Å². The van der Waals surface area contributed by atoms with Crippen LogP contribution < -0.4 is 18.9 Å². The molecule has 0 aliphatic heterocycles. The first-order valence-electron chi connectivity index (χ1n) is 17.7. The molecule has 0 fully saturated rings. The van der Waals surface area contributed by atoms with Crippen molar-refractivity contribution in [1.29, 1.82) is 0 Å². The predicted molar refractivity (Wildman–Crippen MR) is 215 cm³/mol. The van der Waals surface area contributed by atoms with Crippen LogP contribution in [-0.2, 0) is 0 Å². The van der Waals surface area contributed by atoms with Gasteiger partial charge in [-0.25, -0.2) is 0 Å². The number of aromatic nitrogens is 8. The fourth-order valence-corrected chi connectivity index (χ4v) is 6.95. The average molecular weight is 739 g/mol. The number of hydrogen-bond donors (Lipinski definition) is 0. The van der Waals surface area contributed by atoms with Gasteiger partial charge >= 0.3 is 0 Å². The molecule has 4 aromatic heterocycles. The Labute approximate surface area is 321 Å². The van der Waals surface area contributed by atoms with E-state index in [-0.39, 0.29) is 0 Å². The van der Waals surface area contributed by atoms with Crippen molar-refractivity contribution < 1.29 is 18.9 Å². The number of nitrogens with zero attached hydrogens (tertiary/aromatic N) is 8. The van der Waals surface area contributed by atoms with Gasteiger partial charge in [0.2, 0.25) is 0 Å². The van der Waals surface area contributed by atoms with Gasteiger partial charge in [0.05, 0.1) is 39.8 Å². The normalized spacial score (nSPS) is 11.2. The van der Waals surface area contributed by atoms with E-state index in [9.17, 15) is 0 Å². The lowest BCUT2D eigenvalue weighted by Crippen LogP contribution is -1.98. The Balaban J connectivity index is 1.17. The Morgan fingerprint density at radius 3 is 1.05 bits per heavy atom. The van der Waals surface area contributed by atoms with Gasteiger partial charge < -0.3 is 18.9 Å². The second kappa shape index (κ2) is 14.3. The number of ether oxygens (including phenoxy) is 4. The van der Waals surface area contributed by atoms with Gasteiger partial charge in [-0.15, -0.1) is 20.4 Å². The molecule has 0 radical (unpaired) electrons. The standard InChI is InChI=1S/C44H34N8O4/c1-53-31-9-11-35(39(25-31)55-3)37-15-13-33(41-43(37)49-51(47-41)29-17-21-45-22-18-29)27-5-7-28(8-6-27)34-14-16-38(36-12-10-32(54-2)26-40(36)56-4)44-42(34)48-52(50-44)30-19-23-46-24-20-30/h5-26H,1-4H3. The second-order valence-electron chi connectivity index (χ2n) is 12.8. The highest BCUT2D eigenvalue weighted by Crippen LogP contribution is 2.42. The topological polar surface area (TPSA) is 124 Å². The van der Waals surface area contributed by atoms with Crippen LogP contribution in [0.1, 0.15) is 0 Å². The zero-order valence-corrected chi connectivity index (χ0v) is 30.9. The summed E-state index contributed by atoms with van der Waals surface area (Å²) in [4.78, 5) is 11.6. The van der Waals surface area contributed by atoms with E-state index in [0.717, 1.165) is 77.9 Å². The van der Waals surface area contributed by atoms with E-state index in [2.05, 4.69) is 58.5 Å². The van der Waals surface area contributed by atoms with E-state index in [1.807, 2.05) is 60.7 Å². The van der Waals surface area contributed by atoms with Gasteiger partial charge in [-0.3, -0.25) is 9.97 Å². The van der Waals surface area contributed by atoms with E-state index >= 15 is 0 Å². The zero-order chi connectivity index (χ0) is 38.2. The molecule has 274 valence electrons. The summed E-state index contributed by atoms with van der Waals surface area (Å²) in [7, 11) is 6.57. The van der Waals surface area contributed by atoms with Gasteiger partial charge in [0.1, 0.15) is 45.1 Å². The van der Waals surface area contributed by atoms with E-state index in [0.29, 0.717) is 23.0 Å². The highest BCUT2D eigenvalue weighted by molar-refractivity contribution is 6.03. The molecule has 9 aromatic rings. The van der Waals surface area contributed by atoms with Crippen LogP contribution in [0.5, 0.6) is 23.0 Å². The molecule has 4 heterocycles. The number of benzene rings is 5. The summed E-state index contributed by atoms with van der Waals surface area (Å²) in [6.45, 7) is 0. The highest BCUT2D eigenvalue weighted by atomic mass is 16.5. The Kier molecular flexibility index (Phi) is 8.75. The lowest BCUT2D eigenvalue weighted by atomic mass is 9.94. The maximum atomic E-state index is 5.79. The van der Waals surface area contributed by atoms with Crippen LogP contribution >= 0.6 is 0 Å². The molecule has 0 saturated heterocycles. The van der Waals surface area contributed by atoms with Gasteiger partial charge in [-0.2, -0.15) is 9.59 Å². The maximum Gasteiger partial charge on any atom is 0.130 e.